The number of allylic oxidation sites excluding steroid dienone is 1. The molecule has 1 aromatic heterocycles. The molecule has 1 saturated heterocycles. The van der Waals surface area contributed by atoms with E-state index >= 15 is 0 Å². The number of aromatic hydroxyl groups is 1. The van der Waals surface area contributed by atoms with E-state index in [4.69, 9.17) is 9.47 Å². The molecular formula is C23H25NO5S. The van der Waals surface area contributed by atoms with Gasteiger partial charge in [-0.25, -0.2) is 0 Å². The van der Waals surface area contributed by atoms with Crippen LogP contribution in [-0.4, -0.2) is 41.5 Å². The lowest BCUT2D eigenvalue weighted by Gasteiger charge is -2.31. The van der Waals surface area contributed by atoms with Crippen LogP contribution in [0, 0.1) is 12.8 Å². The summed E-state index contributed by atoms with van der Waals surface area (Å²) in [6.45, 7) is 6.11. The minimum Gasteiger partial charge on any atom is -0.507 e. The standard InChI is InChI=1S/C23H25NO5S/c1-3-28-23(27)15-6-9-24(10-7-15)13-17-18(25)5-4-16-21(26)19(29-22(16)17)12-20-14(2)8-11-30-20/h4-5,8,11-12,15,25H,3,6-7,9-10,13H2,1-2H3/b19-12+. The van der Waals surface area contributed by atoms with Gasteiger partial charge in [0, 0.05) is 17.5 Å². The second-order valence-electron chi connectivity index (χ2n) is 7.65. The summed E-state index contributed by atoms with van der Waals surface area (Å²) >= 11 is 1.55. The van der Waals surface area contributed by atoms with Crippen LogP contribution in [-0.2, 0) is 16.1 Å². The number of esters is 1. The van der Waals surface area contributed by atoms with Gasteiger partial charge in [-0.3, -0.25) is 14.5 Å². The van der Waals surface area contributed by atoms with E-state index in [1.807, 2.05) is 25.3 Å². The maximum atomic E-state index is 12.8. The van der Waals surface area contributed by atoms with E-state index < -0.39 is 0 Å². The van der Waals surface area contributed by atoms with Crippen LogP contribution in [0.5, 0.6) is 11.5 Å². The number of phenols is 1. The summed E-state index contributed by atoms with van der Waals surface area (Å²) in [6, 6.07) is 5.17. The predicted octanol–water partition coefficient (Wildman–Crippen LogP) is 4.15. The smallest absolute Gasteiger partial charge is 0.309 e. The van der Waals surface area contributed by atoms with Crippen molar-refractivity contribution in [1.29, 1.82) is 0 Å². The van der Waals surface area contributed by atoms with E-state index in [1.54, 1.807) is 29.5 Å². The number of phenolic OH excluding ortho intramolecular Hbond substituents is 1. The van der Waals surface area contributed by atoms with Crippen molar-refractivity contribution in [3.8, 4) is 11.5 Å². The summed E-state index contributed by atoms with van der Waals surface area (Å²) in [7, 11) is 0. The van der Waals surface area contributed by atoms with E-state index in [2.05, 4.69) is 4.90 Å². The Morgan fingerprint density at radius 3 is 2.77 bits per heavy atom. The van der Waals surface area contributed by atoms with E-state index in [0.717, 1.165) is 36.4 Å². The van der Waals surface area contributed by atoms with Crippen molar-refractivity contribution in [1.82, 2.24) is 4.90 Å². The molecule has 7 heteroatoms. The normalized spacial score (nSPS) is 18.5. The molecule has 4 rings (SSSR count). The zero-order chi connectivity index (χ0) is 21.3. The fourth-order valence-corrected chi connectivity index (χ4v) is 4.76. The second-order valence-corrected chi connectivity index (χ2v) is 8.60. The van der Waals surface area contributed by atoms with Crippen molar-refractivity contribution in [2.45, 2.75) is 33.2 Å². The Hall–Kier alpha value is -2.64. The Bertz CT molecular complexity index is 1000. The van der Waals surface area contributed by atoms with E-state index in [-0.39, 0.29) is 29.2 Å². The molecule has 2 aromatic rings. The minimum atomic E-state index is -0.167. The van der Waals surface area contributed by atoms with Crippen LogP contribution >= 0.6 is 11.3 Å². The number of ketones is 1. The number of likely N-dealkylation sites (tertiary alicyclic amines) is 1. The van der Waals surface area contributed by atoms with Gasteiger partial charge in [0.2, 0.25) is 5.78 Å². The van der Waals surface area contributed by atoms with Crippen LogP contribution in [0.1, 0.15) is 46.1 Å². The summed E-state index contributed by atoms with van der Waals surface area (Å²) < 4.78 is 11.1. The van der Waals surface area contributed by atoms with Crippen molar-refractivity contribution in [2.75, 3.05) is 19.7 Å². The maximum Gasteiger partial charge on any atom is 0.309 e. The van der Waals surface area contributed by atoms with E-state index in [9.17, 15) is 14.7 Å². The number of hydrogen-bond acceptors (Lipinski definition) is 7. The molecule has 0 unspecified atom stereocenters. The van der Waals surface area contributed by atoms with Gasteiger partial charge in [-0.1, -0.05) is 0 Å². The number of piperidine rings is 1. The van der Waals surface area contributed by atoms with Crippen LogP contribution < -0.4 is 4.74 Å². The number of Topliss-reactive ketones (excluding diaryl/α,β-unsaturated/α-hetero) is 1. The van der Waals surface area contributed by atoms with Crippen molar-refractivity contribution in [3.63, 3.8) is 0 Å². The summed E-state index contributed by atoms with van der Waals surface area (Å²) in [5.74, 6) is 0.463. The number of fused-ring (bicyclic) bond motifs is 1. The number of benzene rings is 1. The van der Waals surface area contributed by atoms with Crippen LogP contribution in [0.3, 0.4) is 0 Å². The molecule has 3 heterocycles. The average molecular weight is 428 g/mol. The molecule has 1 N–H and O–H groups in total. The summed E-state index contributed by atoms with van der Waals surface area (Å²) in [5, 5.41) is 12.5. The number of carbonyl (C=O) groups excluding carboxylic acids is 2. The molecule has 0 spiro atoms. The Morgan fingerprint density at radius 1 is 1.33 bits per heavy atom. The lowest BCUT2D eigenvalue weighted by atomic mass is 9.96. The highest BCUT2D eigenvalue weighted by molar-refractivity contribution is 7.11. The Balaban J connectivity index is 1.51. The Labute approximate surface area is 179 Å². The summed E-state index contributed by atoms with van der Waals surface area (Å²) in [4.78, 5) is 27.9. The highest BCUT2D eigenvalue weighted by atomic mass is 32.1. The average Bonchev–Trinajstić information content (AvgIpc) is 3.28. The van der Waals surface area contributed by atoms with Crippen LogP contribution in [0.25, 0.3) is 6.08 Å². The lowest BCUT2D eigenvalue weighted by molar-refractivity contribution is -0.149. The van der Waals surface area contributed by atoms with Gasteiger partial charge in [-0.2, -0.15) is 0 Å². The first-order chi connectivity index (χ1) is 14.5. The number of carbonyl (C=O) groups is 2. The second kappa shape index (κ2) is 8.62. The van der Waals surface area contributed by atoms with Gasteiger partial charge in [-0.05, 0) is 68.9 Å². The molecule has 6 nitrogen and oxygen atoms in total. The number of aryl methyl sites for hydroxylation is 1. The summed E-state index contributed by atoms with van der Waals surface area (Å²) in [6.07, 6.45) is 3.21. The van der Waals surface area contributed by atoms with Crippen molar-refractivity contribution >= 4 is 29.2 Å². The van der Waals surface area contributed by atoms with Gasteiger partial charge in [0.1, 0.15) is 11.5 Å². The molecule has 30 heavy (non-hydrogen) atoms. The van der Waals surface area contributed by atoms with Gasteiger partial charge in [0.25, 0.3) is 0 Å². The van der Waals surface area contributed by atoms with Crippen molar-refractivity contribution in [3.05, 3.63) is 50.9 Å². The molecule has 2 aliphatic rings. The highest BCUT2D eigenvalue weighted by Crippen LogP contribution is 2.41. The Kier molecular flexibility index (Phi) is 5.92. The van der Waals surface area contributed by atoms with Gasteiger partial charge in [0.05, 0.1) is 23.7 Å². The lowest BCUT2D eigenvalue weighted by Crippen LogP contribution is -2.36. The topological polar surface area (TPSA) is 76.1 Å². The fourth-order valence-electron chi connectivity index (χ4n) is 3.91. The third-order valence-corrected chi connectivity index (χ3v) is 6.64. The molecule has 0 aliphatic carbocycles. The first-order valence-corrected chi connectivity index (χ1v) is 11.1. The quantitative estimate of drug-likeness (QED) is 0.571. The van der Waals surface area contributed by atoms with Crippen LogP contribution in [0.4, 0.5) is 0 Å². The van der Waals surface area contributed by atoms with Gasteiger partial charge in [0.15, 0.2) is 5.76 Å². The molecule has 0 amide bonds. The third kappa shape index (κ3) is 4.00. The maximum absolute atomic E-state index is 12.8. The van der Waals surface area contributed by atoms with Gasteiger partial charge >= 0.3 is 5.97 Å². The largest absolute Gasteiger partial charge is 0.507 e. The number of rotatable bonds is 5. The fraction of sp³-hybridized carbons (Fsp3) is 0.391. The van der Waals surface area contributed by atoms with Crippen LogP contribution in [0.15, 0.2) is 29.3 Å². The van der Waals surface area contributed by atoms with Crippen molar-refractivity contribution in [2.24, 2.45) is 5.92 Å². The number of nitrogens with zero attached hydrogens (tertiary/aromatic N) is 1. The number of hydrogen-bond donors (Lipinski definition) is 1. The first kappa shape index (κ1) is 20.6. The zero-order valence-corrected chi connectivity index (χ0v) is 18.0. The molecule has 0 atom stereocenters. The van der Waals surface area contributed by atoms with E-state index in [0.29, 0.717) is 30.0 Å². The molecule has 0 radical (unpaired) electrons. The Morgan fingerprint density at radius 2 is 2.10 bits per heavy atom. The number of ether oxygens (including phenoxy) is 2. The molecule has 2 aliphatic heterocycles. The SMILES string of the molecule is CCOC(=O)C1CCN(Cc2c(O)ccc3c2O/C(=C/c2sccc2C)C3=O)CC1. The highest BCUT2D eigenvalue weighted by Gasteiger charge is 2.33. The van der Waals surface area contributed by atoms with Gasteiger partial charge in [-0.15, -0.1) is 11.3 Å². The molecule has 0 saturated carbocycles. The predicted molar refractivity (Wildman–Crippen MR) is 115 cm³/mol. The van der Waals surface area contributed by atoms with Crippen molar-refractivity contribution < 1.29 is 24.2 Å². The number of thiophene rings is 1. The first-order valence-electron chi connectivity index (χ1n) is 10.2. The minimum absolute atomic E-state index is 0.0716. The molecular weight excluding hydrogens is 402 g/mol. The zero-order valence-electron chi connectivity index (χ0n) is 17.1. The van der Waals surface area contributed by atoms with E-state index in [1.165, 1.54) is 0 Å². The van der Waals surface area contributed by atoms with Crippen LogP contribution in [0.2, 0.25) is 0 Å². The van der Waals surface area contributed by atoms with Gasteiger partial charge < -0.3 is 14.6 Å². The molecule has 1 fully saturated rings. The summed E-state index contributed by atoms with van der Waals surface area (Å²) in [5.41, 5.74) is 2.18. The third-order valence-electron chi connectivity index (χ3n) is 5.67. The molecule has 0 bridgehead atoms. The molecule has 1 aromatic carbocycles. The monoisotopic (exact) mass is 427 g/mol. The molecule has 158 valence electrons.